The van der Waals surface area contributed by atoms with E-state index in [4.69, 9.17) is 0 Å². The van der Waals surface area contributed by atoms with Gasteiger partial charge in [-0.15, -0.1) is 0 Å². The molecule has 1 aliphatic heterocycles. The number of benzene rings is 11. The van der Waals surface area contributed by atoms with Gasteiger partial charge in [0.2, 0.25) is 0 Å². The Hall–Kier alpha value is -10.0. The van der Waals surface area contributed by atoms with Crippen LogP contribution in [0, 0.1) is 0 Å². The van der Waals surface area contributed by atoms with E-state index in [2.05, 4.69) is 314 Å². The van der Waals surface area contributed by atoms with Gasteiger partial charge in [-0.1, -0.05) is 279 Å². The maximum Gasteiger partial charge on any atom is 0.0714 e. The van der Waals surface area contributed by atoms with Crippen molar-refractivity contribution in [1.82, 2.24) is 0 Å². The Morgan fingerprint density at radius 1 is 0.463 bits per heavy atom. The number of nitrogens with zero attached hydrogens (tertiary/aromatic N) is 1. The van der Waals surface area contributed by atoms with Crippen molar-refractivity contribution < 1.29 is 0 Å². The summed E-state index contributed by atoms with van der Waals surface area (Å²) >= 11 is 0. The number of rotatable bonds is 9. The minimum Gasteiger partial charge on any atom is -0.358 e. The molecule has 2 nitrogen and oxygen atoms in total. The zero-order valence-electron chi connectivity index (χ0n) is 45.7. The molecule has 2 unspecified atom stereocenters. The van der Waals surface area contributed by atoms with Crippen molar-refractivity contribution in [2.45, 2.75) is 36.0 Å². The molecule has 11 aromatic carbocycles. The van der Waals surface area contributed by atoms with E-state index >= 15 is 0 Å². The normalized spacial score (nSPS) is 17.1. The SMILES string of the molecule is C1=CCC2C(=C1)Nc1cc(-c3ccccc3N(c3ccc4c(c3)C(c3ccccc3)(c3ccccc3)c3ccccc3-4)c3cccc4ccccc34)ccc12.C=Cc1cccc2c1C(C1=CC=CCC1)(c1ccccc1)c1ccccc1-2. The molecule has 82 heavy (non-hydrogen) atoms. The Morgan fingerprint density at radius 3 is 1.78 bits per heavy atom. The molecule has 1 heterocycles. The predicted molar refractivity (Wildman–Crippen MR) is 344 cm³/mol. The van der Waals surface area contributed by atoms with Crippen LogP contribution in [0.15, 0.2) is 315 Å². The monoisotopic (exact) mass is 1050 g/mol. The fourth-order valence-corrected chi connectivity index (χ4v) is 14.6. The van der Waals surface area contributed by atoms with Crippen LogP contribution in [0.25, 0.3) is 50.2 Å². The molecule has 390 valence electrons. The van der Waals surface area contributed by atoms with E-state index in [1.54, 1.807) is 0 Å². The molecule has 4 aliphatic carbocycles. The number of nitrogens with one attached hydrogen (secondary N) is 1. The van der Waals surface area contributed by atoms with Crippen LogP contribution in [0.2, 0.25) is 0 Å². The molecule has 11 aromatic rings. The number of para-hydroxylation sites is 1. The summed E-state index contributed by atoms with van der Waals surface area (Å²) in [5, 5.41) is 6.18. The molecule has 0 spiro atoms. The molecule has 0 saturated carbocycles. The van der Waals surface area contributed by atoms with Crippen molar-refractivity contribution in [3.63, 3.8) is 0 Å². The molecule has 0 bridgehead atoms. The minimum absolute atomic E-state index is 0.247. The second-order valence-corrected chi connectivity index (χ2v) is 22.2. The Labute approximate surface area is 481 Å². The van der Waals surface area contributed by atoms with E-state index in [1.807, 2.05) is 6.08 Å². The van der Waals surface area contributed by atoms with Crippen LogP contribution >= 0.6 is 0 Å². The quantitative estimate of drug-likeness (QED) is 0.155. The third-order valence-electron chi connectivity index (χ3n) is 18.0. The molecule has 16 rings (SSSR count). The highest BCUT2D eigenvalue weighted by Crippen LogP contribution is 2.60. The summed E-state index contributed by atoms with van der Waals surface area (Å²) in [4.78, 5) is 2.49. The van der Waals surface area contributed by atoms with Gasteiger partial charge in [0.15, 0.2) is 0 Å². The highest BCUT2D eigenvalue weighted by molar-refractivity contribution is 6.02. The summed E-state index contributed by atoms with van der Waals surface area (Å²) in [5.41, 5.74) is 26.1. The molecule has 0 radical (unpaired) electrons. The smallest absolute Gasteiger partial charge is 0.0714 e. The average Bonchev–Trinajstić information content (AvgIpc) is 4.07. The molecule has 0 saturated heterocycles. The van der Waals surface area contributed by atoms with Gasteiger partial charge in [-0.2, -0.15) is 0 Å². The minimum atomic E-state index is -0.500. The third-order valence-corrected chi connectivity index (χ3v) is 18.0. The molecule has 0 fully saturated rings. The molecular formula is C80H60N2. The van der Waals surface area contributed by atoms with Crippen LogP contribution in [-0.4, -0.2) is 0 Å². The van der Waals surface area contributed by atoms with Gasteiger partial charge in [-0.05, 0) is 139 Å². The van der Waals surface area contributed by atoms with Gasteiger partial charge in [0.25, 0.3) is 0 Å². The fraction of sp³-hybridized carbons (Fsp3) is 0.0750. The molecule has 2 atom stereocenters. The van der Waals surface area contributed by atoms with Crippen molar-refractivity contribution in [3.8, 4) is 33.4 Å². The molecule has 0 aromatic heterocycles. The summed E-state index contributed by atoms with van der Waals surface area (Å²) in [6, 6.07) is 96.2. The van der Waals surface area contributed by atoms with Gasteiger partial charge >= 0.3 is 0 Å². The predicted octanol–water partition coefficient (Wildman–Crippen LogP) is 20.6. The summed E-state index contributed by atoms with van der Waals surface area (Å²) in [6.45, 7) is 4.14. The number of anilines is 4. The van der Waals surface area contributed by atoms with Gasteiger partial charge < -0.3 is 10.2 Å². The summed E-state index contributed by atoms with van der Waals surface area (Å²) in [7, 11) is 0. The van der Waals surface area contributed by atoms with E-state index < -0.39 is 5.41 Å². The van der Waals surface area contributed by atoms with Crippen LogP contribution in [0.5, 0.6) is 0 Å². The largest absolute Gasteiger partial charge is 0.358 e. The van der Waals surface area contributed by atoms with Crippen molar-refractivity contribution in [3.05, 3.63) is 365 Å². The molecular weight excluding hydrogens is 989 g/mol. The molecule has 2 heteroatoms. The first-order chi connectivity index (χ1) is 40.7. The first-order valence-corrected chi connectivity index (χ1v) is 28.9. The Morgan fingerprint density at radius 2 is 1.05 bits per heavy atom. The first kappa shape index (κ1) is 49.1. The highest BCUT2D eigenvalue weighted by atomic mass is 15.1. The zero-order chi connectivity index (χ0) is 54.6. The lowest BCUT2D eigenvalue weighted by atomic mass is 9.64. The van der Waals surface area contributed by atoms with E-state index in [0.29, 0.717) is 5.92 Å². The average molecular weight is 1050 g/mol. The van der Waals surface area contributed by atoms with Crippen LogP contribution in [0.1, 0.15) is 75.3 Å². The topological polar surface area (TPSA) is 15.3 Å². The maximum atomic E-state index is 4.14. The van der Waals surface area contributed by atoms with Crippen molar-refractivity contribution in [2.24, 2.45) is 0 Å². The first-order valence-electron chi connectivity index (χ1n) is 28.9. The van der Waals surface area contributed by atoms with Gasteiger partial charge in [-0.3, -0.25) is 0 Å². The van der Waals surface area contributed by atoms with Gasteiger partial charge in [0.1, 0.15) is 0 Å². The highest BCUT2D eigenvalue weighted by Gasteiger charge is 2.49. The Balaban J connectivity index is 0.000000178. The van der Waals surface area contributed by atoms with E-state index in [0.717, 1.165) is 36.3 Å². The number of allylic oxidation sites excluding steroid dienone is 8. The lowest BCUT2D eigenvalue weighted by Crippen LogP contribution is -2.31. The summed E-state index contributed by atoms with van der Waals surface area (Å²) in [5.74, 6) is 0.404. The Bertz CT molecular complexity index is 4380. The third kappa shape index (κ3) is 7.62. The van der Waals surface area contributed by atoms with Crippen LogP contribution in [0.3, 0.4) is 0 Å². The summed E-state index contributed by atoms with van der Waals surface area (Å²) < 4.78 is 0. The van der Waals surface area contributed by atoms with E-state index in [9.17, 15) is 0 Å². The van der Waals surface area contributed by atoms with Gasteiger partial charge in [-0.25, -0.2) is 0 Å². The van der Waals surface area contributed by atoms with Crippen molar-refractivity contribution in [2.75, 3.05) is 10.2 Å². The lowest BCUT2D eigenvalue weighted by Gasteiger charge is -2.37. The molecule has 0 amide bonds. The zero-order valence-corrected chi connectivity index (χ0v) is 45.7. The number of fused-ring (bicyclic) bond motifs is 10. The van der Waals surface area contributed by atoms with Crippen molar-refractivity contribution >= 4 is 39.6 Å². The summed E-state index contributed by atoms with van der Waals surface area (Å²) in [6.07, 6.45) is 18.7. The number of hydrogen-bond acceptors (Lipinski definition) is 2. The van der Waals surface area contributed by atoms with Gasteiger partial charge in [0, 0.05) is 33.9 Å². The van der Waals surface area contributed by atoms with Crippen LogP contribution in [0.4, 0.5) is 22.7 Å². The van der Waals surface area contributed by atoms with Gasteiger partial charge in [0.05, 0.1) is 22.2 Å². The second kappa shape index (κ2) is 20.3. The molecule has 1 N–H and O–H groups in total. The van der Waals surface area contributed by atoms with E-state index in [1.165, 1.54) is 111 Å². The number of hydrogen-bond donors (Lipinski definition) is 1. The van der Waals surface area contributed by atoms with Crippen LogP contribution < -0.4 is 10.2 Å². The fourth-order valence-electron chi connectivity index (χ4n) is 14.6. The maximum absolute atomic E-state index is 4.14. The standard InChI is InChI=1S/C53H38N2.C27H22/c1-3-18-38(19-4-1)53(39-20-5-2-6-21-39)47-26-12-9-24-43(47)44-33-31-40(35-48(44)53)55(52-29-15-17-36-16-7-8-22-41(36)52)51-28-14-11-23-42(51)37-30-32-46-45-25-10-13-27-49(45)54-50(46)34-37;1-2-20-12-11-18-24-23-17-9-10-19-25(23)27(26(20)24,21-13-5-3-6-14-21)22-15-7-4-8-16-22/h1-24,26-35,45,54H,25H2;2-7,9-15,17-19H,1,8,16H2. The van der Waals surface area contributed by atoms with E-state index in [-0.39, 0.29) is 5.41 Å². The van der Waals surface area contributed by atoms with Crippen LogP contribution in [-0.2, 0) is 10.8 Å². The Kier molecular flexibility index (Phi) is 12.1. The van der Waals surface area contributed by atoms with Crippen molar-refractivity contribution in [1.29, 1.82) is 0 Å². The second-order valence-electron chi connectivity index (χ2n) is 22.2. The lowest BCUT2D eigenvalue weighted by molar-refractivity contribution is 0.691. The molecule has 5 aliphatic rings.